The number of rotatable bonds is 8. The highest BCUT2D eigenvalue weighted by molar-refractivity contribution is 7.18. The van der Waals surface area contributed by atoms with Crippen LogP contribution in [0.4, 0.5) is 11.4 Å². The van der Waals surface area contributed by atoms with E-state index in [4.69, 9.17) is 22.4 Å². The Bertz CT molecular complexity index is 845. The van der Waals surface area contributed by atoms with E-state index in [0.717, 1.165) is 11.9 Å². The highest BCUT2D eigenvalue weighted by Crippen LogP contribution is 2.21. The molecule has 0 aliphatic carbocycles. The predicted octanol–water partition coefficient (Wildman–Crippen LogP) is 3.36. The van der Waals surface area contributed by atoms with Crippen molar-refractivity contribution in [2.24, 2.45) is 0 Å². The van der Waals surface area contributed by atoms with Gasteiger partial charge in [0, 0.05) is 35.9 Å². The maximum absolute atomic E-state index is 12.0. The van der Waals surface area contributed by atoms with Crippen molar-refractivity contribution in [2.45, 2.75) is 0 Å². The molecule has 9 heteroatoms. The first-order valence-corrected chi connectivity index (χ1v) is 8.62. The number of nitrogens with one attached hydrogen (secondary N) is 5. The zero-order chi connectivity index (χ0) is 18.9. The second-order valence-corrected chi connectivity index (χ2v) is 6.72. The molecular weight excluding hydrogens is 374 g/mol. The summed E-state index contributed by atoms with van der Waals surface area (Å²) in [6, 6.07) is 10.2. The summed E-state index contributed by atoms with van der Waals surface area (Å²) in [4.78, 5) is 23.6. The summed E-state index contributed by atoms with van der Waals surface area (Å²) in [6.07, 6.45) is 3.46. The Morgan fingerprint density at radius 3 is 2.31 bits per heavy atom. The molecule has 2 amide bonds. The lowest BCUT2D eigenvalue weighted by atomic mass is 10.2. The summed E-state index contributed by atoms with van der Waals surface area (Å²) in [5.74, 6) is -0.750. The molecule has 0 spiro atoms. The molecule has 26 heavy (non-hydrogen) atoms. The van der Waals surface area contributed by atoms with E-state index in [1.54, 1.807) is 42.6 Å². The average Bonchev–Trinajstić information content (AvgIpc) is 3.09. The largest absolute Gasteiger partial charge is 0.361 e. The number of hydrogen-bond donors (Lipinski definition) is 5. The van der Waals surface area contributed by atoms with E-state index < -0.39 is 5.91 Å². The van der Waals surface area contributed by atoms with E-state index in [9.17, 15) is 9.59 Å². The summed E-state index contributed by atoms with van der Waals surface area (Å²) in [5.41, 5.74) is 1.89. The first-order chi connectivity index (χ1) is 12.5. The Labute approximate surface area is 159 Å². The second kappa shape index (κ2) is 9.50. The minimum Gasteiger partial charge on any atom is -0.361 e. The maximum Gasteiger partial charge on any atom is 0.266 e. The summed E-state index contributed by atoms with van der Waals surface area (Å²) >= 11 is 7.00. The average molecular weight is 390 g/mol. The molecular formula is C17H16ClN5O2S. The van der Waals surface area contributed by atoms with Crippen LogP contribution < -0.4 is 16.0 Å². The number of amides is 2. The van der Waals surface area contributed by atoms with E-state index in [1.807, 2.05) is 0 Å². The normalized spacial score (nSPS) is 10.7. The van der Waals surface area contributed by atoms with Crippen LogP contribution in [0.5, 0.6) is 0 Å². The van der Waals surface area contributed by atoms with Gasteiger partial charge in [-0.05, 0) is 36.4 Å². The van der Waals surface area contributed by atoms with Crippen molar-refractivity contribution in [2.75, 3.05) is 17.2 Å². The Morgan fingerprint density at radius 1 is 1.04 bits per heavy atom. The molecule has 0 bridgehead atoms. The molecule has 134 valence electrons. The Hall–Kier alpha value is -2.97. The van der Waals surface area contributed by atoms with E-state index >= 15 is 0 Å². The van der Waals surface area contributed by atoms with Crippen LogP contribution in [-0.2, 0) is 4.79 Å². The number of halogens is 1. The molecule has 1 aromatic heterocycles. The summed E-state index contributed by atoms with van der Waals surface area (Å²) < 4.78 is 0.542. The fraction of sp³-hybridized carbons (Fsp3) is 0.0588. The van der Waals surface area contributed by atoms with Crippen LogP contribution in [0.25, 0.3) is 0 Å². The molecule has 0 saturated carbocycles. The number of carbonyl (C=O) groups excluding carboxylic acids is 2. The van der Waals surface area contributed by atoms with Gasteiger partial charge in [-0.25, -0.2) is 0 Å². The monoisotopic (exact) mass is 389 g/mol. The van der Waals surface area contributed by atoms with Gasteiger partial charge in [0.1, 0.15) is 0 Å². The molecule has 2 rings (SSSR count). The van der Waals surface area contributed by atoms with Crippen molar-refractivity contribution in [1.29, 1.82) is 10.8 Å². The molecule has 7 nitrogen and oxygen atoms in total. The first-order valence-electron chi connectivity index (χ1n) is 7.43. The minimum absolute atomic E-state index is 0.193. The van der Waals surface area contributed by atoms with Crippen molar-refractivity contribution < 1.29 is 9.59 Å². The number of thiophene rings is 1. The molecule has 5 N–H and O–H groups in total. The summed E-state index contributed by atoms with van der Waals surface area (Å²) in [6.45, 7) is 0.193. The number of anilines is 2. The quantitative estimate of drug-likeness (QED) is 0.445. The molecule has 0 saturated heterocycles. The summed E-state index contributed by atoms with van der Waals surface area (Å²) in [5, 5.41) is 22.6. The molecule has 0 fully saturated rings. The Kier molecular flexibility index (Phi) is 7.07. The van der Waals surface area contributed by atoms with E-state index in [-0.39, 0.29) is 12.5 Å². The van der Waals surface area contributed by atoms with Crippen LogP contribution in [-0.4, -0.2) is 30.8 Å². The molecule has 0 aliphatic heterocycles. The zero-order valence-electron chi connectivity index (χ0n) is 13.5. The lowest BCUT2D eigenvalue weighted by molar-refractivity contribution is -0.110. The topological polar surface area (TPSA) is 118 Å². The van der Waals surface area contributed by atoms with Gasteiger partial charge >= 0.3 is 0 Å². The van der Waals surface area contributed by atoms with E-state index in [0.29, 0.717) is 26.7 Å². The van der Waals surface area contributed by atoms with Crippen LogP contribution >= 0.6 is 22.9 Å². The van der Waals surface area contributed by atoms with Gasteiger partial charge in [0.05, 0.1) is 15.4 Å². The SMILES string of the molecule is N=CC(=O)Nc1ccc(N/C=C(\C=N)CNC(=O)c2ccc(Cl)s2)cc1. The molecule has 0 atom stereocenters. The fourth-order valence-corrected chi connectivity index (χ4v) is 2.81. The summed E-state index contributed by atoms with van der Waals surface area (Å²) in [7, 11) is 0. The van der Waals surface area contributed by atoms with Gasteiger partial charge in [-0.1, -0.05) is 11.6 Å². The van der Waals surface area contributed by atoms with Crippen molar-refractivity contribution in [1.82, 2.24) is 5.32 Å². The van der Waals surface area contributed by atoms with Crippen LogP contribution in [0.3, 0.4) is 0 Å². The lowest BCUT2D eigenvalue weighted by Gasteiger charge is -2.07. The molecule has 0 aliphatic rings. The van der Waals surface area contributed by atoms with Gasteiger partial charge in [0.2, 0.25) is 0 Å². The number of benzene rings is 1. The number of carbonyl (C=O) groups is 2. The van der Waals surface area contributed by atoms with Crippen LogP contribution in [0.2, 0.25) is 4.34 Å². The predicted molar refractivity (Wildman–Crippen MR) is 106 cm³/mol. The number of hydrogen-bond acceptors (Lipinski definition) is 6. The van der Waals surface area contributed by atoms with Crippen molar-refractivity contribution in [3.63, 3.8) is 0 Å². The third-order valence-electron chi connectivity index (χ3n) is 3.14. The van der Waals surface area contributed by atoms with Crippen molar-refractivity contribution >= 4 is 58.6 Å². The minimum atomic E-state index is -0.500. The van der Waals surface area contributed by atoms with Gasteiger partial charge in [-0.2, -0.15) is 0 Å². The first kappa shape index (κ1) is 19.4. The van der Waals surface area contributed by atoms with Gasteiger partial charge < -0.3 is 26.8 Å². The third kappa shape index (κ3) is 5.83. The zero-order valence-corrected chi connectivity index (χ0v) is 15.1. The van der Waals surface area contributed by atoms with Crippen LogP contribution in [0.15, 0.2) is 48.2 Å². The van der Waals surface area contributed by atoms with Gasteiger partial charge in [0.15, 0.2) is 0 Å². The molecule has 1 aromatic carbocycles. The molecule has 0 radical (unpaired) electrons. The Balaban J connectivity index is 1.90. The van der Waals surface area contributed by atoms with E-state index in [2.05, 4.69) is 16.0 Å². The van der Waals surface area contributed by atoms with Gasteiger partial charge in [-0.3, -0.25) is 9.59 Å². The Morgan fingerprint density at radius 2 is 1.73 bits per heavy atom. The molecule has 2 aromatic rings. The highest BCUT2D eigenvalue weighted by Gasteiger charge is 2.08. The van der Waals surface area contributed by atoms with Gasteiger partial charge in [-0.15, -0.1) is 11.3 Å². The highest BCUT2D eigenvalue weighted by atomic mass is 35.5. The smallest absolute Gasteiger partial charge is 0.266 e. The lowest BCUT2D eigenvalue weighted by Crippen LogP contribution is -2.25. The van der Waals surface area contributed by atoms with Crippen LogP contribution in [0.1, 0.15) is 9.67 Å². The second-order valence-electron chi connectivity index (χ2n) is 5.01. The maximum atomic E-state index is 12.0. The molecule has 0 unspecified atom stereocenters. The third-order valence-corrected chi connectivity index (χ3v) is 4.37. The van der Waals surface area contributed by atoms with E-state index in [1.165, 1.54) is 11.3 Å². The van der Waals surface area contributed by atoms with Crippen molar-refractivity contribution in [3.05, 3.63) is 57.4 Å². The van der Waals surface area contributed by atoms with Crippen molar-refractivity contribution in [3.8, 4) is 0 Å². The standard InChI is InChI=1S/C17H16ClN5O2S/c18-15-6-5-14(26-15)17(25)22-10-11(7-19)9-21-12-1-3-13(4-2-12)23-16(24)8-20/h1-9,19-21H,10H2,(H,22,25)(H,23,24)/b11-9+,19-7?,20-8?. The van der Waals surface area contributed by atoms with Crippen LogP contribution in [0, 0.1) is 10.8 Å². The fourth-order valence-electron chi connectivity index (χ4n) is 1.85. The molecule has 1 heterocycles. The van der Waals surface area contributed by atoms with Gasteiger partial charge in [0.25, 0.3) is 11.8 Å².